The molecule has 0 aliphatic heterocycles. The minimum Gasteiger partial charge on any atom is -0.481 e. The van der Waals surface area contributed by atoms with Crippen LogP contribution in [0.1, 0.15) is 55.8 Å². The summed E-state index contributed by atoms with van der Waals surface area (Å²) in [5.74, 6) is -0.0699. The Labute approximate surface area is 171 Å². The third-order valence-electron chi connectivity index (χ3n) is 5.34. The maximum absolute atomic E-state index is 11.6. The summed E-state index contributed by atoms with van der Waals surface area (Å²) in [4.78, 5) is 23.1. The number of hydrogen-bond acceptors (Lipinski definition) is 4. The highest BCUT2D eigenvalue weighted by Gasteiger charge is 2.15. The number of para-hydroxylation sites is 1. The summed E-state index contributed by atoms with van der Waals surface area (Å²) in [5, 5.41) is 2.15. The lowest BCUT2D eigenvalue weighted by atomic mass is 10.1. The van der Waals surface area contributed by atoms with Crippen LogP contribution in [0.25, 0.3) is 21.8 Å². The maximum atomic E-state index is 11.6. The fourth-order valence-corrected chi connectivity index (χ4v) is 3.80. The minimum absolute atomic E-state index is 0.222. The van der Waals surface area contributed by atoms with Crippen molar-refractivity contribution in [2.75, 3.05) is 13.7 Å². The molecule has 5 heteroatoms. The summed E-state index contributed by atoms with van der Waals surface area (Å²) in [6.07, 6.45) is 8.17. The second-order valence-corrected chi connectivity index (χ2v) is 7.33. The average Bonchev–Trinajstić information content (AvgIpc) is 3.06. The standard InChI is InChI=1S/C24H29NO4/c1-3-4-5-6-7-10-13-25-21-12-9-8-11-19(21)20-14-18(16-26)23(15-22(20)25)29-17-24(27)28-2/h8-9,11-12,14-16H,3-7,10,13,17H2,1-2H3. The number of aldehydes is 1. The summed E-state index contributed by atoms with van der Waals surface area (Å²) < 4.78 is 12.5. The van der Waals surface area contributed by atoms with E-state index in [0.29, 0.717) is 11.3 Å². The van der Waals surface area contributed by atoms with E-state index in [1.54, 1.807) is 0 Å². The summed E-state index contributed by atoms with van der Waals surface area (Å²) in [6.45, 7) is 2.92. The van der Waals surface area contributed by atoms with Gasteiger partial charge in [0.05, 0.1) is 18.2 Å². The zero-order chi connectivity index (χ0) is 20.6. The number of aromatic nitrogens is 1. The largest absolute Gasteiger partial charge is 0.481 e. The molecule has 0 atom stereocenters. The van der Waals surface area contributed by atoms with Gasteiger partial charge in [0, 0.05) is 28.9 Å². The zero-order valence-corrected chi connectivity index (χ0v) is 17.3. The molecular weight excluding hydrogens is 366 g/mol. The van der Waals surface area contributed by atoms with Gasteiger partial charge in [-0.25, -0.2) is 4.79 Å². The molecule has 0 radical (unpaired) electrons. The van der Waals surface area contributed by atoms with Crippen molar-refractivity contribution in [2.45, 2.75) is 52.0 Å². The Kier molecular flexibility index (Phi) is 7.28. The molecule has 2 aromatic carbocycles. The topological polar surface area (TPSA) is 57.5 Å². The molecule has 29 heavy (non-hydrogen) atoms. The minimum atomic E-state index is -0.477. The van der Waals surface area contributed by atoms with Gasteiger partial charge in [-0.05, 0) is 18.6 Å². The molecule has 0 amide bonds. The normalized spacial score (nSPS) is 11.1. The Hall–Kier alpha value is -2.82. The van der Waals surface area contributed by atoms with Crippen LogP contribution in [0.3, 0.4) is 0 Å². The van der Waals surface area contributed by atoms with Crippen molar-refractivity contribution in [3.8, 4) is 5.75 Å². The highest BCUT2D eigenvalue weighted by molar-refractivity contribution is 6.10. The van der Waals surface area contributed by atoms with Crippen molar-refractivity contribution in [3.63, 3.8) is 0 Å². The number of carbonyl (C=O) groups is 2. The van der Waals surface area contributed by atoms with E-state index in [0.717, 1.165) is 41.1 Å². The number of esters is 1. The predicted molar refractivity (Wildman–Crippen MR) is 116 cm³/mol. The quantitative estimate of drug-likeness (QED) is 0.244. The number of hydrogen-bond donors (Lipinski definition) is 0. The summed E-state index contributed by atoms with van der Waals surface area (Å²) in [5.41, 5.74) is 2.60. The van der Waals surface area contributed by atoms with E-state index in [9.17, 15) is 9.59 Å². The fraction of sp³-hybridized carbons (Fsp3) is 0.417. The molecule has 0 unspecified atom stereocenters. The molecule has 1 aromatic heterocycles. The highest BCUT2D eigenvalue weighted by atomic mass is 16.6. The number of carbonyl (C=O) groups excluding carboxylic acids is 2. The van der Waals surface area contributed by atoms with Gasteiger partial charge in [-0.3, -0.25) is 4.79 Å². The number of fused-ring (bicyclic) bond motifs is 3. The lowest BCUT2D eigenvalue weighted by Gasteiger charge is -2.11. The lowest BCUT2D eigenvalue weighted by Crippen LogP contribution is -2.13. The average molecular weight is 395 g/mol. The number of aryl methyl sites for hydroxylation is 1. The summed E-state index contributed by atoms with van der Waals surface area (Å²) >= 11 is 0. The van der Waals surface area contributed by atoms with Crippen molar-refractivity contribution in [3.05, 3.63) is 42.0 Å². The molecule has 0 saturated carbocycles. The van der Waals surface area contributed by atoms with Gasteiger partial charge in [0.1, 0.15) is 5.75 Å². The van der Waals surface area contributed by atoms with E-state index < -0.39 is 5.97 Å². The first-order chi connectivity index (χ1) is 14.2. The van der Waals surface area contributed by atoms with Crippen LogP contribution in [0, 0.1) is 0 Å². The molecule has 3 rings (SSSR count). The zero-order valence-electron chi connectivity index (χ0n) is 17.3. The second-order valence-electron chi connectivity index (χ2n) is 7.33. The Morgan fingerprint density at radius 3 is 2.52 bits per heavy atom. The molecule has 0 aliphatic carbocycles. The van der Waals surface area contributed by atoms with Crippen LogP contribution in [-0.2, 0) is 16.1 Å². The van der Waals surface area contributed by atoms with Crippen molar-refractivity contribution in [1.29, 1.82) is 0 Å². The van der Waals surface area contributed by atoms with Crippen LogP contribution in [0.5, 0.6) is 5.75 Å². The van der Waals surface area contributed by atoms with Crippen LogP contribution in [0.15, 0.2) is 36.4 Å². The molecule has 154 valence electrons. The van der Waals surface area contributed by atoms with Crippen LogP contribution >= 0.6 is 0 Å². The monoisotopic (exact) mass is 395 g/mol. The number of benzene rings is 2. The Balaban J connectivity index is 1.94. The first-order valence-electron chi connectivity index (χ1n) is 10.4. The van der Waals surface area contributed by atoms with E-state index in [1.165, 1.54) is 39.2 Å². The molecule has 3 aromatic rings. The molecule has 0 saturated heterocycles. The Morgan fingerprint density at radius 2 is 1.76 bits per heavy atom. The molecule has 0 aliphatic rings. The number of rotatable bonds is 11. The highest BCUT2D eigenvalue weighted by Crippen LogP contribution is 2.34. The van der Waals surface area contributed by atoms with Crippen molar-refractivity contribution < 1.29 is 19.1 Å². The number of methoxy groups -OCH3 is 1. The number of ether oxygens (including phenoxy) is 2. The third kappa shape index (κ3) is 4.78. The van der Waals surface area contributed by atoms with E-state index >= 15 is 0 Å². The third-order valence-corrected chi connectivity index (χ3v) is 5.34. The Morgan fingerprint density at radius 1 is 1.00 bits per heavy atom. The van der Waals surface area contributed by atoms with Gasteiger partial charge in [-0.2, -0.15) is 0 Å². The smallest absolute Gasteiger partial charge is 0.343 e. The van der Waals surface area contributed by atoms with Gasteiger partial charge < -0.3 is 14.0 Å². The van der Waals surface area contributed by atoms with Crippen molar-refractivity contribution in [2.24, 2.45) is 0 Å². The first-order valence-corrected chi connectivity index (χ1v) is 10.4. The van der Waals surface area contributed by atoms with Crippen molar-refractivity contribution >= 4 is 34.1 Å². The molecule has 0 N–H and O–H groups in total. The second kappa shape index (κ2) is 10.1. The molecular formula is C24H29NO4. The Bertz CT molecular complexity index is 989. The van der Waals surface area contributed by atoms with Crippen LogP contribution in [0.2, 0.25) is 0 Å². The molecule has 0 spiro atoms. The fourth-order valence-electron chi connectivity index (χ4n) is 3.80. The van der Waals surface area contributed by atoms with Crippen LogP contribution in [0.4, 0.5) is 0 Å². The lowest BCUT2D eigenvalue weighted by molar-refractivity contribution is -0.142. The van der Waals surface area contributed by atoms with Gasteiger partial charge in [-0.15, -0.1) is 0 Å². The maximum Gasteiger partial charge on any atom is 0.343 e. The molecule has 0 bridgehead atoms. The van der Waals surface area contributed by atoms with E-state index in [2.05, 4.69) is 28.4 Å². The van der Waals surface area contributed by atoms with Gasteiger partial charge in [-0.1, -0.05) is 57.2 Å². The van der Waals surface area contributed by atoms with Crippen LogP contribution < -0.4 is 4.74 Å². The SMILES string of the molecule is CCCCCCCCn1c2ccccc2c2cc(C=O)c(OCC(=O)OC)cc21. The van der Waals surface area contributed by atoms with Gasteiger partial charge in [0.15, 0.2) is 12.9 Å². The number of unbranched alkanes of at least 4 members (excludes halogenated alkanes) is 5. The van der Waals surface area contributed by atoms with E-state index in [1.807, 2.05) is 24.3 Å². The molecule has 1 heterocycles. The number of nitrogens with zero attached hydrogens (tertiary/aromatic N) is 1. The first kappa shape index (κ1) is 20.9. The summed E-state index contributed by atoms with van der Waals surface area (Å²) in [6, 6.07) is 12.0. The van der Waals surface area contributed by atoms with Crippen molar-refractivity contribution in [1.82, 2.24) is 4.57 Å². The molecule has 0 fully saturated rings. The van der Waals surface area contributed by atoms with Gasteiger partial charge in [0.2, 0.25) is 0 Å². The van der Waals surface area contributed by atoms with Crippen LogP contribution in [-0.4, -0.2) is 30.5 Å². The van der Waals surface area contributed by atoms with Gasteiger partial charge in [0.25, 0.3) is 0 Å². The van der Waals surface area contributed by atoms with Gasteiger partial charge >= 0.3 is 5.97 Å². The predicted octanol–water partition coefficient (Wildman–Crippen LogP) is 5.52. The summed E-state index contributed by atoms with van der Waals surface area (Å²) in [7, 11) is 1.31. The molecule has 5 nitrogen and oxygen atoms in total. The van der Waals surface area contributed by atoms with E-state index in [4.69, 9.17) is 4.74 Å². The van der Waals surface area contributed by atoms with E-state index in [-0.39, 0.29) is 6.61 Å².